The average molecular weight is 359 g/mol. The van der Waals surface area contributed by atoms with Gasteiger partial charge in [-0.1, -0.05) is 19.3 Å². The summed E-state index contributed by atoms with van der Waals surface area (Å²) in [6, 6.07) is 0. The summed E-state index contributed by atoms with van der Waals surface area (Å²) >= 11 is 0. The van der Waals surface area contributed by atoms with Gasteiger partial charge in [-0.25, -0.2) is 0 Å². The highest BCUT2D eigenvalue weighted by Crippen LogP contribution is 2.11. The molecule has 0 aromatic carbocycles. The molecule has 0 bridgehead atoms. The van der Waals surface area contributed by atoms with Gasteiger partial charge in [-0.15, -0.1) is 0 Å². The molecule has 0 saturated carbocycles. The summed E-state index contributed by atoms with van der Waals surface area (Å²) in [7, 11) is 5.73. The Bertz CT molecular complexity index is 416. The van der Waals surface area contributed by atoms with Crippen molar-refractivity contribution in [2.75, 3.05) is 34.3 Å². The Hall–Kier alpha value is -1.63. The van der Waals surface area contributed by atoms with Crippen LogP contribution < -0.4 is 5.11 Å². The number of aliphatic carboxylic acids is 1. The molecule has 0 aliphatic carbocycles. The van der Waals surface area contributed by atoms with Crippen LogP contribution in [0.2, 0.25) is 0 Å². The maximum atomic E-state index is 11.9. The number of esters is 2. The lowest BCUT2D eigenvalue weighted by Crippen LogP contribution is -2.45. The molecule has 0 N–H and O–H groups in total. The van der Waals surface area contributed by atoms with Crippen LogP contribution in [0.15, 0.2) is 0 Å². The van der Waals surface area contributed by atoms with Gasteiger partial charge in [0.05, 0.1) is 27.7 Å². The lowest BCUT2D eigenvalue weighted by Gasteiger charge is -2.29. The number of carbonyl (C=O) groups is 3. The SMILES string of the molecule is CCOC(=O)CCCCCCCC(=O)OC(CC(=O)[O-])C[N+](C)(C)C. The number of nitrogens with zero attached hydrogens (tertiary/aromatic N) is 1. The maximum Gasteiger partial charge on any atom is 0.306 e. The van der Waals surface area contributed by atoms with Crippen molar-refractivity contribution in [2.45, 2.75) is 64.4 Å². The van der Waals surface area contributed by atoms with Gasteiger partial charge < -0.3 is 23.9 Å². The highest BCUT2D eigenvalue weighted by molar-refractivity contribution is 5.71. The van der Waals surface area contributed by atoms with Gasteiger partial charge in [-0.3, -0.25) is 9.59 Å². The van der Waals surface area contributed by atoms with Crippen LogP contribution in [0.25, 0.3) is 0 Å². The van der Waals surface area contributed by atoms with Crippen LogP contribution in [0.5, 0.6) is 0 Å². The molecule has 0 aliphatic heterocycles. The minimum absolute atomic E-state index is 0.165. The zero-order chi connectivity index (χ0) is 19.3. The van der Waals surface area contributed by atoms with Crippen molar-refractivity contribution in [1.29, 1.82) is 0 Å². The third kappa shape index (κ3) is 15.6. The lowest BCUT2D eigenvalue weighted by molar-refractivity contribution is -0.873. The quantitative estimate of drug-likeness (QED) is 0.261. The van der Waals surface area contributed by atoms with Crippen molar-refractivity contribution in [3.63, 3.8) is 0 Å². The summed E-state index contributed by atoms with van der Waals surface area (Å²) in [6.45, 7) is 2.62. The van der Waals surface area contributed by atoms with Crippen molar-refractivity contribution >= 4 is 17.9 Å². The first-order chi connectivity index (χ1) is 11.6. The fourth-order valence-corrected chi connectivity index (χ4v) is 2.49. The van der Waals surface area contributed by atoms with Crippen LogP contribution in [-0.2, 0) is 23.9 Å². The number of carbonyl (C=O) groups excluding carboxylic acids is 3. The standard InChI is InChI=1S/C18H33NO6/c1-5-24-17(22)11-9-7-6-8-10-12-18(23)25-15(13-16(20)21)14-19(2,3)4/h15H,5-14H2,1-4H3. The Morgan fingerprint density at radius 2 is 1.44 bits per heavy atom. The molecule has 0 aromatic heterocycles. The van der Waals surface area contributed by atoms with Crippen LogP contribution in [0, 0.1) is 0 Å². The highest BCUT2D eigenvalue weighted by Gasteiger charge is 2.22. The van der Waals surface area contributed by atoms with Crippen molar-refractivity contribution in [1.82, 2.24) is 0 Å². The summed E-state index contributed by atoms with van der Waals surface area (Å²) in [5.74, 6) is -1.75. The minimum atomic E-state index is -1.21. The number of unbranched alkanes of at least 4 members (excludes halogenated alkanes) is 4. The number of ether oxygens (including phenoxy) is 2. The fourth-order valence-electron chi connectivity index (χ4n) is 2.49. The zero-order valence-electron chi connectivity index (χ0n) is 16.0. The lowest BCUT2D eigenvalue weighted by atomic mass is 10.1. The van der Waals surface area contributed by atoms with E-state index in [1.165, 1.54) is 0 Å². The van der Waals surface area contributed by atoms with Gasteiger partial charge in [0.1, 0.15) is 6.54 Å². The van der Waals surface area contributed by atoms with E-state index in [-0.39, 0.29) is 24.8 Å². The Labute approximate surface area is 150 Å². The van der Waals surface area contributed by atoms with E-state index in [0.717, 1.165) is 25.7 Å². The van der Waals surface area contributed by atoms with Gasteiger partial charge >= 0.3 is 11.9 Å². The molecule has 146 valence electrons. The maximum absolute atomic E-state index is 11.9. The molecule has 0 radical (unpaired) electrons. The second-order valence-electron chi connectivity index (χ2n) is 7.23. The third-order valence-corrected chi connectivity index (χ3v) is 3.51. The topological polar surface area (TPSA) is 92.7 Å². The van der Waals surface area contributed by atoms with E-state index in [4.69, 9.17) is 9.47 Å². The first-order valence-corrected chi connectivity index (χ1v) is 8.99. The Morgan fingerprint density at radius 3 is 1.92 bits per heavy atom. The molecule has 0 aromatic rings. The molecule has 0 heterocycles. The summed E-state index contributed by atoms with van der Waals surface area (Å²) in [5, 5.41) is 10.8. The minimum Gasteiger partial charge on any atom is -0.550 e. The Balaban J connectivity index is 3.89. The van der Waals surface area contributed by atoms with Gasteiger partial charge in [0.2, 0.25) is 0 Å². The molecule has 7 nitrogen and oxygen atoms in total. The predicted octanol–water partition coefficient (Wildman–Crippen LogP) is 1.04. The molecule has 0 fully saturated rings. The monoisotopic (exact) mass is 359 g/mol. The fraction of sp³-hybridized carbons (Fsp3) is 0.833. The van der Waals surface area contributed by atoms with Gasteiger partial charge in [0.15, 0.2) is 6.10 Å². The normalized spacial score (nSPS) is 12.5. The van der Waals surface area contributed by atoms with E-state index in [2.05, 4.69) is 0 Å². The molecular weight excluding hydrogens is 326 g/mol. The molecule has 7 heteroatoms. The molecule has 0 saturated heterocycles. The largest absolute Gasteiger partial charge is 0.550 e. The highest BCUT2D eigenvalue weighted by atomic mass is 16.5. The van der Waals surface area contributed by atoms with Gasteiger partial charge in [-0.2, -0.15) is 0 Å². The molecule has 25 heavy (non-hydrogen) atoms. The zero-order valence-corrected chi connectivity index (χ0v) is 16.0. The first kappa shape index (κ1) is 23.4. The molecule has 0 amide bonds. The van der Waals surface area contributed by atoms with Crippen LogP contribution in [0.3, 0.4) is 0 Å². The van der Waals surface area contributed by atoms with E-state index < -0.39 is 12.1 Å². The summed E-state index contributed by atoms with van der Waals surface area (Å²) in [6.07, 6.45) is 3.98. The van der Waals surface area contributed by atoms with Gasteiger partial charge in [-0.05, 0) is 19.8 Å². The van der Waals surface area contributed by atoms with Crippen molar-refractivity contribution in [3.05, 3.63) is 0 Å². The Morgan fingerprint density at radius 1 is 0.920 bits per heavy atom. The number of rotatable bonds is 14. The summed E-state index contributed by atoms with van der Waals surface area (Å²) in [4.78, 5) is 33.8. The van der Waals surface area contributed by atoms with Crippen LogP contribution >= 0.6 is 0 Å². The molecule has 0 rings (SSSR count). The molecule has 1 atom stereocenters. The number of carboxylic acid groups (broad SMARTS) is 1. The molecule has 0 aliphatic rings. The molecule has 0 spiro atoms. The second-order valence-corrected chi connectivity index (χ2v) is 7.23. The van der Waals surface area contributed by atoms with Crippen LogP contribution in [-0.4, -0.2) is 62.8 Å². The number of carboxylic acids is 1. The number of likely N-dealkylation sites (N-methyl/N-ethyl adjacent to an activating group) is 1. The van der Waals surface area contributed by atoms with E-state index in [0.29, 0.717) is 30.5 Å². The van der Waals surface area contributed by atoms with Crippen molar-refractivity contribution in [3.8, 4) is 0 Å². The van der Waals surface area contributed by atoms with Crippen LogP contribution in [0.4, 0.5) is 0 Å². The first-order valence-electron chi connectivity index (χ1n) is 8.99. The van der Waals surface area contributed by atoms with Crippen molar-refractivity contribution < 1.29 is 33.4 Å². The van der Waals surface area contributed by atoms with E-state index in [9.17, 15) is 19.5 Å². The summed E-state index contributed by atoms with van der Waals surface area (Å²) in [5.41, 5.74) is 0. The predicted molar refractivity (Wildman–Crippen MR) is 91.4 cm³/mol. The number of hydrogen-bond acceptors (Lipinski definition) is 6. The number of quaternary nitrogens is 1. The number of hydrogen-bond donors (Lipinski definition) is 0. The average Bonchev–Trinajstić information content (AvgIpc) is 2.43. The van der Waals surface area contributed by atoms with E-state index >= 15 is 0 Å². The van der Waals surface area contributed by atoms with Crippen LogP contribution in [0.1, 0.15) is 58.3 Å². The van der Waals surface area contributed by atoms with Crippen molar-refractivity contribution in [2.24, 2.45) is 0 Å². The van der Waals surface area contributed by atoms with Gasteiger partial charge in [0, 0.05) is 25.2 Å². The van der Waals surface area contributed by atoms with E-state index in [1.807, 2.05) is 21.1 Å². The smallest absolute Gasteiger partial charge is 0.306 e. The second kappa shape index (κ2) is 12.7. The third-order valence-electron chi connectivity index (χ3n) is 3.51. The molecule has 1 unspecified atom stereocenters. The van der Waals surface area contributed by atoms with E-state index in [1.54, 1.807) is 6.92 Å². The molecular formula is C18H33NO6. The van der Waals surface area contributed by atoms with Gasteiger partial charge in [0.25, 0.3) is 0 Å². The summed E-state index contributed by atoms with van der Waals surface area (Å²) < 4.78 is 10.6. The Kier molecular flexibility index (Phi) is 11.9.